The molecule has 0 saturated heterocycles. The van der Waals surface area contributed by atoms with Crippen LogP contribution in [0.15, 0.2) is 16.8 Å². The minimum atomic E-state index is -1.70. The zero-order valence-electron chi connectivity index (χ0n) is 12.8. The molecule has 1 aliphatic heterocycles. The van der Waals surface area contributed by atoms with Crippen molar-refractivity contribution in [2.75, 3.05) is 6.61 Å². The molecule has 1 amide bonds. The number of ether oxygens (including phenoxy) is 1. The number of hydrogen-bond acceptors (Lipinski definition) is 7. The Morgan fingerprint density at radius 3 is 2.42 bits per heavy atom. The van der Waals surface area contributed by atoms with Crippen molar-refractivity contribution in [3.63, 3.8) is 0 Å². The number of hydrogen-bond donors (Lipinski definition) is 7. The van der Waals surface area contributed by atoms with Gasteiger partial charge in [0.15, 0.2) is 5.96 Å². The minimum absolute atomic E-state index is 0. The molecule has 1 rings (SSSR count). The topological polar surface area (TPSA) is 232 Å². The fourth-order valence-electron chi connectivity index (χ4n) is 2.14. The van der Waals surface area contributed by atoms with Gasteiger partial charge in [0.05, 0.1) is 18.7 Å². The summed E-state index contributed by atoms with van der Waals surface area (Å²) in [6.45, 7) is 0.391. The monoisotopic (exact) mass is 350 g/mol. The molecule has 0 aromatic carbocycles. The molecule has 11 N–H and O–H groups in total. The van der Waals surface area contributed by atoms with Gasteiger partial charge in [0.1, 0.15) is 18.3 Å². The molecular weight excluding hydrogens is 328 g/mol. The lowest BCUT2D eigenvalue weighted by Gasteiger charge is -2.38. The molecule has 12 nitrogen and oxygen atoms in total. The molecule has 0 aromatic rings. The van der Waals surface area contributed by atoms with E-state index < -0.39 is 54.6 Å². The Morgan fingerprint density at radius 2 is 2.00 bits per heavy atom. The van der Waals surface area contributed by atoms with Crippen molar-refractivity contribution in [1.29, 1.82) is 0 Å². The Kier molecular flexibility index (Phi) is 8.12. The lowest BCUT2D eigenvalue weighted by Crippen LogP contribution is -2.59. The zero-order valence-corrected chi connectivity index (χ0v) is 12.8. The van der Waals surface area contributed by atoms with Crippen LogP contribution < -0.4 is 16.8 Å². The Hall–Kier alpha value is -2.41. The number of nitrogens with one attached hydrogen (secondary N) is 1. The fourth-order valence-corrected chi connectivity index (χ4v) is 2.14. The van der Waals surface area contributed by atoms with Crippen molar-refractivity contribution in [1.82, 2.24) is 5.32 Å². The van der Waals surface area contributed by atoms with Gasteiger partial charge < -0.3 is 47.4 Å². The summed E-state index contributed by atoms with van der Waals surface area (Å²) in [6, 6.07) is -2.11. The number of carboxylic acids is 1. The van der Waals surface area contributed by atoms with Crippen LogP contribution in [0.5, 0.6) is 0 Å². The van der Waals surface area contributed by atoms with Crippen LogP contribution in [0.25, 0.3) is 0 Å². The predicted molar refractivity (Wildman–Crippen MR) is 80.5 cm³/mol. The number of amides is 1. The van der Waals surface area contributed by atoms with Gasteiger partial charge in [-0.05, 0) is 6.08 Å². The second kappa shape index (κ2) is 9.02. The summed E-state index contributed by atoms with van der Waals surface area (Å²) in [7, 11) is 0. The van der Waals surface area contributed by atoms with Gasteiger partial charge in [-0.3, -0.25) is 4.79 Å². The van der Waals surface area contributed by atoms with Gasteiger partial charge in [0, 0.05) is 6.92 Å². The lowest BCUT2D eigenvalue weighted by atomic mass is 9.92. The van der Waals surface area contributed by atoms with E-state index in [0.717, 1.165) is 6.08 Å². The maximum Gasteiger partial charge on any atom is 0.370 e. The summed E-state index contributed by atoms with van der Waals surface area (Å²) in [4.78, 5) is 26.3. The van der Waals surface area contributed by atoms with Gasteiger partial charge in [0.25, 0.3) is 0 Å². The first-order valence-electron chi connectivity index (χ1n) is 6.62. The van der Waals surface area contributed by atoms with Gasteiger partial charge >= 0.3 is 5.97 Å². The third-order valence-electron chi connectivity index (χ3n) is 3.10. The minimum Gasteiger partial charge on any atom is -0.478 e. The summed E-state index contributed by atoms with van der Waals surface area (Å²) < 4.78 is 5.13. The number of nitrogens with two attached hydrogens (primary N) is 2. The quantitative estimate of drug-likeness (QED) is 0.180. The van der Waals surface area contributed by atoms with E-state index in [1.807, 2.05) is 0 Å². The molecule has 12 heteroatoms. The van der Waals surface area contributed by atoms with E-state index >= 15 is 0 Å². The van der Waals surface area contributed by atoms with E-state index in [1.54, 1.807) is 0 Å². The molecule has 0 saturated carbocycles. The lowest BCUT2D eigenvalue weighted by molar-refractivity contribution is -0.145. The summed E-state index contributed by atoms with van der Waals surface area (Å²) in [5.41, 5.74) is 10.6. The van der Waals surface area contributed by atoms with Gasteiger partial charge in [-0.2, -0.15) is 0 Å². The molecule has 1 aliphatic rings. The van der Waals surface area contributed by atoms with E-state index in [2.05, 4.69) is 10.3 Å². The predicted octanol–water partition coefficient (Wildman–Crippen LogP) is -4.61. The van der Waals surface area contributed by atoms with Gasteiger partial charge in [-0.15, -0.1) is 0 Å². The maximum atomic E-state index is 11.4. The van der Waals surface area contributed by atoms with Crippen LogP contribution in [0, 0.1) is 0 Å². The van der Waals surface area contributed by atoms with Crippen LogP contribution in [0.1, 0.15) is 6.92 Å². The number of aliphatic hydroxyl groups excluding tert-OH is 3. The third kappa shape index (κ3) is 5.34. The number of aliphatic hydroxyl groups is 3. The number of guanidine groups is 1. The molecular formula is C12H22N4O8. The highest BCUT2D eigenvalue weighted by Crippen LogP contribution is 2.24. The smallest absolute Gasteiger partial charge is 0.370 e. The first kappa shape index (κ1) is 21.6. The van der Waals surface area contributed by atoms with Crippen LogP contribution in [0.3, 0.4) is 0 Å². The Labute approximate surface area is 136 Å². The highest BCUT2D eigenvalue weighted by Gasteiger charge is 2.43. The van der Waals surface area contributed by atoms with E-state index in [-0.39, 0.29) is 11.4 Å². The van der Waals surface area contributed by atoms with E-state index in [9.17, 15) is 19.8 Å². The van der Waals surface area contributed by atoms with E-state index in [1.165, 1.54) is 6.92 Å². The standard InChI is InChI=1S/C12H20N4O7.H2O/c1-4(18)15-8-5(16-12(13)14)2-7(11(21)22)23-10(8)9(20)6(19)3-17;/h2,5-6,8-10,17,19-20H,3H2,1H3,(H,15,18)(H,21,22)(H4,13,14,16);1H2/t5-,6?,8+,9+,10+;/m0./s1. The molecule has 1 heterocycles. The number of aliphatic carboxylic acids is 1. The number of rotatable bonds is 6. The normalized spacial score (nSPS) is 25.2. The van der Waals surface area contributed by atoms with Gasteiger partial charge in [-0.1, -0.05) is 0 Å². The molecule has 0 bridgehead atoms. The summed E-state index contributed by atoms with van der Waals surface area (Å²) in [5.74, 6) is -2.89. The van der Waals surface area contributed by atoms with Crippen molar-refractivity contribution in [2.24, 2.45) is 16.5 Å². The maximum absolute atomic E-state index is 11.4. The van der Waals surface area contributed by atoms with E-state index in [0.29, 0.717) is 0 Å². The largest absolute Gasteiger partial charge is 0.478 e. The van der Waals surface area contributed by atoms with Crippen LogP contribution in [-0.4, -0.2) is 80.7 Å². The number of carbonyl (C=O) groups is 2. The van der Waals surface area contributed by atoms with Gasteiger partial charge in [-0.25, -0.2) is 9.79 Å². The molecule has 138 valence electrons. The SMILES string of the molecule is CC(=O)N[C@H]1[C@H]([C@H](O)C(O)CO)OC(C(=O)O)=C[C@@H]1N=C(N)N.O. The number of aliphatic imine (C=N–C) groups is 1. The van der Waals surface area contributed by atoms with Crippen molar-refractivity contribution in [2.45, 2.75) is 37.3 Å². The molecule has 0 radical (unpaired) electrons. The van der Waals surface area contributed by atoms with Crippen molar-refractivity contribution in [3.8, 4) is 0 Å². The van der Waals surface area contributed by atoms with Crippen molar-refractivity contribution >= 4 is 17.8 Å². The molecule has 5 atom stereocenters. The van der Waals surface area contributed by atoms with Crippen LogP contribution in [0.2, 0.25) is 0 Å². The molecule has 0 spiro atoms. The average molecular weight is 350 g/mol. The number of carboxylic acid groups (broad SMARTS) is 1. The second-order valence-corrected chi connectivity index (χ2v) is 4.93. The van der Waals surface area contributed by atoms with Crippen LogP contribution in [0.4, 0.5) is 0 Å². The van der Waals surface area contributed by atoms with Gasteiger partial charge in [0.2, 0.25) is 11.7 Å². The first-order chi connectivity index (χ1) is 10.7. The molecule has 1 unspecified atom stereocenters. The zero-order chi connectivity index (χ0) is 17.7. The van der Waals surface area contributed by atoms with Crippen molar-refractivity contribution in [3.05, 3.63) is 11.8 Å². The van der Waals surface area contributed by atoms with Crippen LogP contribution in [-0.2, 0) is 14.3 Å². The number of carbonyl (C=O) groups excluding carboxylic acids is 1. The molecule has 0 aromatic heterocycles. The third-order valence-corrected chi connectivity index (χ3v) is 3.10. The Balaban J connectivity index is 0.00000529. The van der Waals surface area contributed by atoms with Crippen molar-refractivity contribution < 1.29 is 40.2 Å². The highest BCUT2D eigenvalue weighted by molar-refractivity contribution is 5.85. The van der Waals surface area contributed by atoms with Crippen LogP contribution >= 0.6 is 0 Å². The number of nitrogens with zero attached hydrogens (tertiary/aromatic N) is 1. The Bertz CT molecular complexity index is 519. The van der Waals surface area contributed by atoms with E-state index in [4.69, 9.17) is 26.4 Å². The highest BCUT2D eigenvalue weighted by atomic mass is 16.5. The second-order valence-electron chi connectivity index (χ2n) is 4.93. The average Bonchev–Trinajstić information content (AvgIpc) is 2.45. The Morgan fingerprint density at radius 1 is 1.42 bits per heavy atom. The first-order valence-corrected chi connectivity index (χ1v) is 6.62. The summed E-state index contributed by atoms with van der Waals surface area (Å²) in [6.07, 6.45) is -3.65. The summed E-state index contributed by atoms with van der Waals surface area (Å²) >= 11 is 0. The molecule has 24 heavy (non-hydrogen) atoms. The fraction of sp³-hybridized carbons (Fsp3) is 0.583. The summed E-state index contributed by atoms with van der Waals surface area (Å²) in [5, 5.41) is 40.1. The molecule has 0 fully saturated rings. The molecule has 0 aliphatic carbocycles.